The van der Waals surface area contributed by atoms with Crippen molar-refractivity contribution in [1.82, 2.24) is 5.32 Å². The van der Waals surface area contributed by atoms with Crippen molar-refractivity contribution in [2.75, 3.05) is 19.8 Å². The van der Waals surface area contributed by atoms with Crippen molar-refractivity contribution in [2.24, 2.45) is 0 Å². The summed E-state index contributed by atoms with van der Waals surface area (Å²) in [4.78, 5) is 11.3. The molecule has 0 radical (unpaired) electrons. The summed E-state index contributed by atoms with van der Waals surface area (Å²) in [7, 11) is 0. The molecule has 0 aliphatic carbocycles. The minimum atomic E-state index is -0.545. The monoisotopic (exact) mass is 278 g/mol. The number of esters is 1. The van der Waals surface area contributed by atoms with Crippen LogP contribution in [0, 0.1) is 5.41 Å². The minimum absolute atomic E-state index is 0.0301. The minimum Gasteiger partial charge on any atom is -0.462 e. The molecule has 0 aromatic rings. The summed E-state index contributed by atoms with van der Waals surface area (Å²) in [5, 5.41) is 18.6. The fraction of sp³-hybridized carbons (Fsp3) is 0.556. The maximum absolute atomic E-state index is 11.3. The highest BCUT2D eigenvalue weighted by Crippen LogP contribution is 2.04. The van der Waals surface area contributed by atoms with Crippen LogP contribution in [0.5, 0.6) is 0 Å². The van der Waals surface area contributed by atoms with Crippen molar-refractivity contribution in [3.8, 4) is 0 Å². The smallest absolute Gasteiger partial charge is 0.342 e. The summed E-state index contributed by atoms with van der Waals surface area (Å²) in [5.74, 6) is -0.545. The lowest BCUT2D eigenvalue weighted by Crippen LogP contribution is -2.17. The highest BCUT2D eigenvalue weighted by atomic mass is 79.9. The first-order valence-electron chi connectivity index (χ1n) is 4.59. The van der Waals surface area contributed by atoms with Gasteiger partial charge in [-0.15, -0.1) is 0 Å². The molecule has 0 spiro atoms. The molecule has 86 valence electrons. The molecule has 0 atom stereocenters. The Bertz CT molecular complexity index is 254. The molecule has 0 aromatic carbocycles. The van der Waals surface area contributed by atoms with Gasteiger partial charge < -0.3 is 15.2 Å². The molecular formula is C9H15BrN2O3. The number of hydrogen-bond donors (Lipinski definition) is 3. The summed E-state index contributed by atoms with van der Waals surface area (Å²) < 4.78 is 4.72. The van der Waals surface area contributed by atoms with Gasteiger partial charge in [-0.25, -0.2) is 4.79 Å². The van der Waals surface area contributed by atoms with Crippen molar-refractivity contribution in [1.29, 1.82) is 5.41 Å². The topological polar surface area (TPSA) is 82.4 Å². The number of halogens is 1. The number of aliphatic hydroxyl groups is 1. The van der Waals surface area contributed by atoms with E-state index in [1.54, 1.807) is 6.92 Å². The van der Waals surface area contributed by atoms with Crippen LogP contribution in [0.3, 0.4) is 0 Å². The molecule has 0 unspecified atom stereocenters. The average molecular weight is 279 g/mol. The molecule has 0 saturated heterocycles. The van der Waals surface area contributed by atoms with E-state index in [2.05, 4.69) is 21.2 Å². The largest absolute Gasteiger partial charge is 0.462 e. The molecule has 0 fully saturated rings. The Morgan fingerprint density at radius 2 is 2.33 bits per heavy atom. The zero-order valence-electron chi connectivity index (χ0n) is 8.55. The summed E-state index contributed by atoms with van der Waals surface area (Å²) in [5.41, 5.74) is 0.134. The van der Waals surface area contributed by atoms with Gasteiger partial charge in [0.1, 0.15) is 10.2 Å². The van der Waals surface area contributed by atoms with E-state index >= 15 is 0 Å². The van der Waals surface area contributed by atoms with E-state index in [1.165, 1.54) is 6.20 Å². The molecule has 0 amide bonds. The van der Waals surface area contributed by atoms with Crippen LogP contribution in [0.25, 0.3) is 0 Å². The molecule has 0 heterocycles. The van der Waals surface area contributed by atoms with E-state index in [-0.39, 0.29) is 23.4 Å². The Balaban J connectivity index is 4.25. The zero-order chi connectivity index (χ0) is 11.7. The predicted octanol–water partition coefficient (Wildman–Crippen LogP) is 0.778. The van der Waals surface area contributed by atoms with Gasteiger partial charge in [0.2, 0.25) is 0 Å². The summed E-state index contributed by atoms with van der Waals surface area (Å²) in [6, 6.07) is 0. The van der Waals surface area contributed by atoms with Gasteiger partial charge in [0.25, 0.3) is 0 Å². The Kier molecular flexibility index (Phi) is 7.94. The molecule has 0 bridgehead atoms. The van der Waals surface area contributed by atoms with Gasteiger partial charge in [0.15, 0.2) is 0 Å². The zero-order valence-corrected chi connectivity index (χ0v) is 10.1. The third-order valence-corrected chi connectivity index (χ3v) is 1.88. The van der Waals surface area contributed by atoms with Crippen LogP contribution in [0.4, 0.5) is 0 Å². The third kappa shape index (κ3) is 6.24. The van der Waals surface area contributed by atoms with Crippen molar-refractivity contribution >= 4 is 26.5 Å². The third-order valence-electron chi connectivity index (χ3n) is 1.46. The number of aliphatic hydroxyl groups excluding tert-OH is 1. The van der Waals surface area contributed by atoms with Crippen LogP contribution < -0.4 is 5.32 Å². The second-order valence-corrected chi connectivity index (χ2v) is 3.42. The van der Waals surface area contributed by atoms with Gasteiger partial charge >= 0.3 is 5.97 Å². The fourth-order valence-electron chi connectivity index (χ4n) is 0.776. The quantitative estimate of drug-likeness (QED) is 0.278. The molecule has 6 heteroatoms. The summed E-state index contributed by atoms with van der Waals surface area (Å²) >= 11 is 2.91. The van der Waals surface area contributed by atoms with Crippen molar-refractivity contribution < 1.29 is 14.6 Å². The van der Waals surface area contributed by atoms with Gasteiger partial charge in [-0.3, -0.25) is 5.41 Å². The van der Waals surface area contributed by atoms with Gasteiger partial charge in [-0.05, 0) is 29.3 Å². The van der Waals surface area contributed by atoms with E-state index in [4.69, 9.17) is 15.3 Å². The van der Waals surface area contributed by atoms with Crippen LogP contribution in [0.2, 0.25) is 0 Å². The predicted molar refractivity (Wildman–Crippen MR) is 61.1 cm³/mol. The Hall–Kier alpha value is -0.880. The number of carbonyl (C=O) groups is 1. The second kappa shape index (κ2) is 8.43. The molecule has 3 N–H and O–H groups in total. The SMILES string of the molecule is CCOC(=O)/C(=C/NCCCO)C(=N)Br. The van der Waals surface area contributed by atoms with Crippen molar-refractivity contribution in [3.05, 3.63) is 11.8 Å². The lowest BCUT2D eigenvalue weighted by Gasteiger charge is -2.05. The molecule has 0 aliphatic rings. The number of carbonyl (C=O) groups excluding carboxylic acids is 1. The Labute approximate surface area is 97.1 Å². The maximum atomic E-state index is 11.3. The van der Waals surface area contributed by atoms with E-state index in [0.29, 0.717) is 13.0 Å². The van der Waals surface area contributed by atoms with Crippen LogP contribution in [-0.2, 0) is 9.53 Å². The van der Waals surface area contributed by atoms with E-state index in [1.807, 2.05) is 0 Å². The van der Waals surface area contributed by atoms with Gasteiger partial charge in [0.05, 0.1) is 6.61 Å². The van der Waals surface area contributed by atoms with Crippen LogP contribution in [-0.4, -0.2) is 35.5 Å². The molecule has 0 aliphatic heterocycles. The first-order valence-corrected chi connectivity index (χ1v) is 5.38. The van der Waals surface area contributed by atoms with Gasteiger partial charge in [-0.2, -0.15) is 0 Å². The summed E-state index contributed by atoms with van der Waals surface area (Å²) in [6.45, 7) is 2.60. The van der Waals surface area contributed by atoms with Crippen LogP contribution >= 0.6 is 15.9 Å². The number of nitrogens with one attached hydrogen (secondary N) is 2. The first-order chi connectivity index (χ1) is 7.13. The van der Waals surface area contributed by atoms with E-state index in [0.717, 1.165) is 0 Å². The van der Waals surface area contributed by atoms with Crippen LogP contribution in [0.1, 0.15) is 13.3 Å². The van der Waals surface area contributed by atoms with Crippen LogP contribution in [0.15, 0.2) is 11.8 Å². The normalized spacial score (nSPS) is 11.0. The summed E-state index contributed by atoms with van der Waals surface area (Å²) in [6.07, 6.45) is 1.99. The molecule has 0 saturated carbocycles. The molecule has 0 rings (SSSR count). The average Bonchev–Trinajstić information content (AvgIpc) is 2.17. The lowest BCUT2D eigenvalue weighted by molar-refractivity contribution is -0.137. The molecule has 0 aromatic heterocycles. The highest BCUT2D eigenvalue weighted by molar-refractivity contribution is 9.18. The lowest BCUT2D eigenvalue weighted by atomic mass is 10.3. The number of ether oxygens (including phenoxy) is 1. The fourth-order valence-corrected chi connectivity index (χ4v) is 1.05. The first kappa shape index (κ1) is 14.1. The number of rotatable bonds is 7. The van der Waals surface area contributed by atoms with Crippen molar-refractivity contribution in [3.63, 3.8) is 0 Å². The second-order valence-electron chi connectivity index (χ2n) is 2.62. The Morgan fingerprint density at radius 1 is 1.67 bits per heavy atom. The highest BCUT2D eigenvalue weighted by Gasteiger charge is 2.13. The molecule has 15 heavy (non-hydrogen) atoms. The molecule has 5 nitrogen and oxygen atoms in total. The molecular weight excluding hydrogens is 264 g/mol. The van der Waals surface area contributed by atoms with Gasteiger partial charge in [-0.1, -0.05) is 0 Å². The Morgan fingerprint density at radius 3 is 2.80 bits per heavy atom. The van der Waals surface area contributed by atoms with E-state index < -0.39 is 5.97 Å². The van der Waals surface area contributed by atoms with Crippen molar-refractivity contribution in [2.45, 2.75) is 13.3 Å². The van der Waals surface area contributed by atoms with E-state index in [9.17, 15) is 4.79 Å². The standard InChI is InChI=1S/C9H15BrN2O3/c1-2-15-9(14)7(8(10)11)6-12-4-3-5-13/h6,11-13H,2-5H2,1H3/b7-6+,11-8?. The maximum Gasteiger partial charge on any atom is 0.342 e. The number of hydrogen-bond acceptors (Lipinski definition) is 5. The van der Waals surface area contributed by atoms with Gasteiger partial charge in [0, 0.05) is 19.4 Å².